The van der Waals surface area contributed by atoms with Crippen LogP contribution in [0.25, 0.3) is 0 Å². The van der Waals surface area contributed by atoms with E-state index < -0.39 is 12.3 Å². The second-order valence-corrected chi connectivity index (χ2v) is 6.17. The Morgan fingerprint density at radius 1 is 1.30 bits per heavy atom. The summed E-state index contributed by atoms with van der Waals surface area (Å²) in [5, 5.41) is 0. The third-order valence-corrected chi connectivity index (χ3v) is 3.67. The summed E-state index contributed by atoms with van der Waals surface area (Å²) in [6, 6.07) is 5.43. The van der Waals surface area contributed by atoms with Crippen LogP contribution in [0.3, 0.4) is 0 Å². The summed E-state index contributed by atoms with van der Waals surface area (Å²) >= 11 is 7.56. The van der Waals surface area contributed by atoms with Crippen molar-refractivity contribution in [3.8, 4) is 5.75 Å². The van der Waals surface area contributed by atoms with Gasteiger partial charge in [-0.15, -0.1) is 0 Å². The number of hydrogen-bond acceptors (Lipinski definition) is 5. The van der Waals surface area contributed by atoms with E-state index in [4.69, 9.17) is 30.5 Å². The van der Waals surface area contributed by atoms with E-state index in [1.54, 1.807) is 19.1 Å². The summed E-state index contributed by atoms with van der Waals surface area (Å²) in [4.78, 5) is 12.3. The molecule has 5 nitrogen and oxygen atoms in total. The lowest BCUT2D eigenvalue weighted by atomic mass is 10.2. The smallest absolute Gasteiger partial charge is 0.344 e. The van der Waals surface area contributed by atoms with Crippen molar-refractivity contribution in [1.82, 2.24) is 0 Å². The van der Waals surface area contributed by atoms with Gasteiger partial charge in [0.05, 0.1) is 13.2 Å². The first-order valence-corrected chi connectivity index (χ1v) is 9.08. The molecule has 1 unspecified atom stereocenters. The zero-order valence-electron chi connectivity index (χ0n) is 13.3. The Morgan fingerprint density at radius 2 is 2.09 bits per heavy atom. The molecular weight excluding hydrogens is 435 g/mol. The fraction of sp³-hybridized carbons (Fsp3) is 0.562. The van der Waals surface area contributed by atoms with E-state index in [1.165, 1.54) is 0 Å². The molecule has 0 aromatic heterocycles. The van der Waals surface area contributed by atoms with Gasteiger partial charge in [-0.25, -0.2) is 4.79 Å². The fourth-order valence-electron chi connectivity index (χ4n) is 1.69. The highest BCUT2D eigenvalue weighted by atomic mass is 127. The third kappa shape index (κ3) is 8.19. The molecule has 0 aliphatic rings. The molecule has 0 aliphatic heterocycles. The minimum absolute atomic E-state index is 0.109. The molecule has 7 heteroatoms. The van der Waals surface area contributed by atoms with Gasteiger partial charge in [0.15, 0.2) is 6.29 Å². The molecule has 1 aromatic carbocycles. The van der Waals surface area contributed by atoms with Gasteiger partial charge in [0.1, 0.15) is 24.0 Å². The first-order valence-electron chi connectivity index (χ1n) is 7.47. The Morgan fingerprint density at radius 3 is 2.78 bits per heavy atom. The number of hydrogen-bond donors (Lipinski definition) is 0. The third-order valence-electron chi connectivity index (χ3n) is 2.85. The molecule has 0 fully saturated rings. The van der Waals surface area contributed by atoms with Gasteiger partial charge in [-0.1, -0.05) is 24.9 Å². The molecule has 0 spiro atoms. The maximum atomic E-state index is 12.3. The number of benzene rings is 1. The average molecular weight is 457 g/mol. The molecule has 130 valence electrons. The van der Waals surface area contributed by atoms with Crippen molar-refractivity contribution in [2.45, 2.75) is 33.0 Å². The van der Waals surface area contributed by atoms with E-state index in [1.807, 2.05) is 6.07 Å². The Kier molecular flexibility index (Phi) is 10.6. The van der Waals surface area contributed by atoms with Gasteiger partial charge in [-0.2, -0.15) is 0 Å². The van der Waals surface area contributed by atoms with E-state index in [0.29, 0.717) is 31.1 Å². The first-order chi connectivity index (χ1) is 11.1. The van der Waals surface area contributed by atoms with Crippen molar-refractivity contribution in [2.24, 2.45) is 0 Å². The zero-order chi connectivity index (χ0) is 17.1. The molecule has 0 heterocycles. The largest absolute Gasteiger partial charge is 0.490 e. The van der Waals surface area contributed by atoms with Crippen molar-refractivity contribution >= 4 is 40.2 Å². The van der Waals surface area contributed by atoms with E-state index in [9.17, 15) is 4.79 Å². The Balaban J connectivity index is 2.64. The lowest BCUT2D eigenvalue weighted by Crippen LogP contribution is -2.20. The molecule has 23 heavy (non-hydrogen) atoms. The number of ether oxygens (including phenoxy) is 4. The van der Waals surface area contributed by atoms with Crippen LogP contribution in [-0.4, -0.2) is 38.1 Å². The van der Waals surface area contributed by atoms with Crippen LogP contribution in [0.2, 0.25) is 0 Å². The van der Waals surface area contributed by atoms with Gasteiger partial charge in [-0.3, -0.25) is 0 Å². The van der Waals surface area contributed by atoms with E-state index in [0.717, 1.165) is 16.4 Å². The van der Waals surface area contributed by atoms with E-state index in [-0.39, 0.29) is 6.07 Å². The van der Waals surface area contributed by atoms with Crippen molar-refractivity contribution in [2.75, 3.05) is 25.9 Å². The van der Waals surface area contributed by atoms with E-state index in [2.05, 4.69) is 29.5 Å². The molecule has 0 amide bonds. The highest BCUT2D eigenvalue weighted by Gasteiger charge is 2.18. The van der Waals surface area contributed by atoms with Crippen LogP contribution in [0.4, 0.5) is 0 Å². The number of unbranched alkanes of at least 4 members (excludes halogenated alkanes) is 1. The second-order valence-electron chi connectivity index (χ2n) is 4.70. The standard InChI is InChI=1S/C16H22ClIO5/c1-3-4-7-21-12(2)23-16(19)14-10-13(18)5-6-15(14)22-9-8-20-11-17/h5-6,10,12H,3-4,7-9,11H2,1-2H3. The van der Waals surface area contributed by atoms with Gasteiger partial charge in [0.2, 0.25) is 0 Å². The number of carbonyl (C=O) groups excluding carboxylic acids is 1. The topological polar surface area (TPSA) is 54.0 Å². The quantitative estimate of drug-likeness (QED) is 0.164. The average Bonchev–Trinajstić information content (AvgIpc) is 2.52. The van der Waals surface area contributed by atoms with Crippen molar-refractivity contribution in [1.29, 1.82) is 0 Å². The predicted octanol–water partition coefficient (Wildman–Crippen LogP) is 4.20. The Labute approximate surface area is 155 Å². The summed E-state index contributed by atoms with van der Waals surface area (Å²) in [5.41, 5.74) is 0.369. The number of rotatable bonds is 11. The fourth-order valence-corrected chi connectivity index (χ4v) is 2.29. The highest BCUT2D eigenvalue weighted by molar-refractivity contribution is 14.1. The minimum atomic E-state index is -0.598. The molecule has 0 saturated heterocycles. The van der Waals surface area contributed by atoms with Crippen molar-refractivity contribution in [3.63, 3.8) is 0 Å². The summed E-state index contributed by atoms with van der Waals surface area (Å²) in [5.74, 6) is -0.0184. The molecule has 0 radical (unpaired) electrons. The first kappa shape index (κ1) is 20.5. The second kappa shape index (κ2) is 11.9. The molecule has 1 aromatic rings. The van der Waals surface area contributed by atoms with Crippen LogP contribution in [0.15, 0.2) is 18.2 Å². The van der Waals surface area contributed by atoms with Gasteiger partial charge in [0.25, 0.3) is 0 Å². The summed E-state index contributed by atoms with van der Waals surface area (Å²) < 4.78 is 22.2. The highest BCUT2D eigenvalue weighted by Crippen LogP contribution is 2.23. The van der Waals surface area contributed by atoms with Crippen LogP contribution in [-0.2, 0) is 14.2 Å². The Hall–Kier alpha value is -0.570. The summed E-state index contributed by atoms with van der Waals surface area (Å²) in [6.45, 7) is 4.99. The van der Waals surface area contributed by atoms with Gasteiger partial charge < -0.3 is 18.9 Å². The monoisotopic (exact) mass is 456 g/mol. The maximum Gasteiger partial charge on any atom is 0.344 e. The maximum absolute atomic E-state index is 12.3. The molecule has 1 rings (SSSR count). The normalized spacial score (nSPS) is 12.0. The van der Waals surface area contributed by atoms with Gasteiger partial charge >= 0.3 is 5.97 Å². The van der Waals surface area contributed by atoms with Gasteiger partial charge in [0, 0.05) is 3.57 Å². The molecule has 0 saturated carbocycles. The van der Waals surface area contributed by atoms with Crippen LogP contribution < -0.4 is 4.74 Å². The lowest BCUT2D eigenvalue weighted by Gasteiger charge is -2.16. The van der Waals surface area contributed by atoms with E-state index >= 15 is 0 Å². The molecule has 0 bridgehead atoms. The molecular formula is C16H22ClIO5. The predicted molar refractivity (Wildman–Crippen MR) is 97.1 cm³/mol. The molecule has 1 atom stereocenters. The van der Waals surface area contributed by atoms with Crippen LogP contribution in [0.1, 0.15) is 37.0 Å². The van der Waals surface area contributed by atoms with Crippen LogP contribution in [0.5, 0.6) is 5.75 Å². The number of halogens is 2. The summed E-state index contributed by atoms with van der Waals surface area (Å²) in [6.07, 6.45) is 1.36. The minimum Gasteiger partial charge on any atom is -0.490 e. The van der Waals surface area contributed by atoms with Crippen LogP contribution >= 0.6 is 34.2 Å². The van der Waals surface area contributed by atoms with Crippen LogP contribution in [0, 0.1) is 3.57 Å². The molecule has 0 N–H and O–H groups in total. The zero-order valence-corrected chi connectivity index (χ0v) is 16.3. The SMILES string of the molecule is CCCCOC(C)OC(=O)c1cc(I)ccc1OCCOCCl. The van der Waals surface area contributed by atoms with Crippen molar-refractivity contribution < 1.29 is 23.7 Å². The number of esters is 1. The van der Waals surface area contributed by atoms with Gasteiger partial charge in [-0.05, 0) is 54.1 Å². The number of carbonyl (C=O) groups is 1. The molecule has 0 aliphatic carbocycles. The lowest BCUT2D eigenvalue weighted by molar-refractivity contribution is -0.0986. The summed E-state index contributed by atoms with van der Waals surface area (Å²) in [7, 11) is 0. The Bertz CT molecular complexity index is 484. The number of alkyl halides is 1. The van der Waals surface area contributed by atoms with Crippen molar-refractivity contribution in [3.05, 3.63) is 27.3 Å².